The van der Waals surface area contributed by atoms with Gasteiger partial charge in [0, 0.05) is 5.41 Å². The van der Waals surface area contributed by atoms with Gasteiger partial charge < -0.3 is 4.74 Å². The Bertz CT molecular complexity index is 909. The highest BCUT2D eigenvalue weighted by Crippen LogP contribution is 2.42. The Kier molecular flexibility index (Phi) is 5.76. The van der Waals surface area contributed by atoms with Gasteiger partial charge in [0.25, 0.3) is 0 Å². The van der Waals surface area contributed by atoms with Crippen LogP contribution in [-0.4, -0.2) is 6.61 Å². The summed E-state index contributed by atoms with van der Waals surface area (Å²) < 4.78 is 6.15. The quantitative estimate of drug-likeness (QED) is 0.327. The molecule has 4 aromatic rings. The molecule has 0 heterocycles. The zero-order chi connectivity index (χ0) is 19.9. The minimum Gasteiger partial charge on any atom is -0.494 e. The first-order chi connectivity index (χ1) is 14.3. The molecule has 0 saturated heterocycles. The van der Waals surface area contributed by atoms with Crippen LogP contribution in [-0.2, 0) is 5.41 Å². The van der Waals surface area contributed by atoms with E-state index in [4.69, 9.17) is 4.74 Å². The van der Waals surface area contributed by atoms with Gasteiger partial charge >= 0.3 is 0 Å². The van der Waals surface area contributed by atoms with Crippen LogP contribution < -0.4 is 4.74 Å². The van der Waals surface area contributed by atoms with E-state index < -0.39 is 0 Å². The standard InChI is InChI=1S/C28H25O/c1-23-17-19-27(20-18-23)29-22-21-28(24-11-5-2-6-12-24,25-13-7-3-8-14-25)26-15-9-4-10-16-26/h2-20H,1,21-22H2. The number of ether oxygens (including phenoxy) is 1. The van der Waals surface area contributed by atoms with Gasteiger partial charge in [0.1, 0.15) is 5.75 Å². The number of hydrogen-bond donors (Lipinski definition) is 0. The van der Waals surface area contributed by atoms with Gasteiger partial charge in [-0.2, -0.15) is 0 Å². The predicted molar refractivity (Wildman–Crippen MR) is 120 cm³/mol. The van der Waals surface area contributed by atoms with Crippen molar-refractivity contribution in [3.8, 4) is 5.75 Å². The predicted octanol–water partition coefficient (Wildman–Crippen LogP) is 6.67. The first kappa shape index (κ1) is 19.0. The molecule has 0 bridgehead atoms. The summed E-state index contributed by atoms with van der Waals surface area (Å²) in [6.45, 7) is 4.55. The molecule has 29 heavy (non-hydrogen) atoms. The van der Waals surface area contributed by atoms with E-state index in [1.165, 1.54) is 16.7 Å². The van der Waals surface area contributed by atoms with Crippen molar-refractivity contribution in [2.24, 2.45) is 0 Å². The topological polar surface area (TPSA) is 9.23 Å². The van der Waals surface area contributed by atoms with Gasteiger partial charge in [0.05, 0.1) is 6.61 Å². The van der Waals surface area contributed by atoms with Crippen molar-refractivity contribution in [2.75, 3.05) is 6.61 Å². The molecule has 1 nitrogen and oxygen atoms in total. The molecule has 1 heteroatoms. The van der Waals surface area contributed by atoms with E-state index >= 15 is 0 Å². The maximum absolute atomic E-state index is 6.15. The smallest absolute Gasteiger partial charge is 0.119 e. The Morgan fingerprint density at radius 1 is 0.552 bits per heavy atom. The summed E-state index contributed by atoms with van der Waals surface area (Å²) in [6.07, 6.45) is 0.831. The maximum atomic E-state index is 6.15. The van der Waals surface area contributed by atoms with E-state index in [1.54, 1.807) is 0 Å². The lowest BCUT2D eigenvalue weighted by Crippen LogP contribution is -2.31. The zero-order valence-corrected chi connectivity index (χ0v) is 16.5. The molecule has 0 aliphatic heterocycles. The van der Waals surface area contributed by atoms with E-state index in [0.717, 1.165) is 17.7 Å². The number of hydrogen-bond acceptors (Lipinski definition) is 1. The van der Waals surface area contributed by atoms with Crippen molar-refractivity contribution in [1.29, 1.82) is 0 Å². The molecule has 0 aliphatic rings. The molecule has 0 atom stereocenters. The Morgan fingerprint density at radius 2 is 0.966 bits per heavy atom. The SMILES string of the molecule is [CH2]c1ccc(OCCC(c2ccccc2)(c2ccccc2)c2ccccc2)cc1. The lowest BCUT2D eigenvalue weighted by Gasteiger charge is -2.36. The molecule has 0 aliphatic carbocycles. The summed E-state index contributed by atoms with van der Waals surface area (Å²) in [5.74, 6) is 0.875. The summed E-state index contributed by atoms with van der Waals surface area (Å²) in [7, 11) is 0. The minimum absolute atomic E-state index is 0.282. The molecule has 0 spiro atoms. The normalized spacial score (nSPS) is 11.2. The first-order valence-corrected chi connectivity index (χ1v) is 10.0. The molecule has 4 aromatic carbocycles. The van der Waals surface area contributed by atoms with Crippen LogP contribution in [0.1, 0.15) is 28.7 Å². The second kappa shape index (κ2) is 8.79. The van der Waals surface area contributed by atoms with Crippen molar-refractivity contribution in [3.63, 3.8) is 0 Å². The van der Waals surface area contributed by atoms with Gasteiger partial charge in [-0.15, -0.1) is 0 Å². The zero-order valence-electron chi connectivity index (χ0n) is 16.5. The summed E-state index contributed by atoms with van der Waals surface area (Å²) in [6, 6.07) is 40.1. The highest BCUT2D eigenvalue weighted by atomic mass is 16.5. The van der Waals surface area contributed by atoms with E-state index in [1.807, 2.05) is 24.3 Å². The third-order valence-electron chi connectivity index (χ3n) is 5.47. The van der Waals surface area contributed by atoms with Crippen molar-refractivity contribution >= 4 is 0 Å². The molecule has 4 rings (SSSR count). The van der Waals surface area contributed by atoms with Crippen molar-refractivity contribution < 1.29 is 4.74 Å². The summed E-state index contributed by atoms with van der Waals surface area (Å²) >= 11 is 0. The molecule has 1 radical (unpaired) electrons. The number of benzene rings is 4. The van der Waals surface area contributed by atoms with E-state index in [9.17, 15) is 0 Å². The van der Waals surface area contributed by atoms with Crippen LogP contribution in [0.3, 0.4) is 0 Å². The lowest BCUT2D eigenvalue weighted by atomic mass is 9.67. The van der Waals surface area contributed by atoms with E-state index in [2.05, 4.69) is 97.9 Å². The fourth-order valence-corrected chi connectivity index (χ4v) is 4.01. The number of rotatable bonds is 7. The molecule has 0 fully saturated rings. The third kappa shape index (κ3) is 4.09. The van der Waals surface area contributed by atoms with Crippen LogP contribution in [0, 0.1) is 6.92 Å². The molecule has 0 amide bonds. The van der Waals surface area contributed by atoms with Gasteiger partial charge in [-0.25, -0.2) is 0 Å². The molecule has 0 saturated carbocycles. The van der Waals surface area contributed by atoms with Gasteiger partial charge in [-0.05, 0) is 47.7 Å². The van der Waals surface area contributed by atoms with Gasteiger partial charge in [0.15, 0.2) is 0 Å². The largest absolute Gasteiger partial charge is 0.494 e. The minimum atomic E-state index is -0.282. The van der Waals surface area contributed by atoms with Gasteiger partial charge in [-0.3, -0.25) is 0 Å². The first-order valence-electron chi connectivity index (χ1n) is 10.0. The average Bonchev–Trinajstić information content (AvgIpc) is 2.80. The Labute approximate surface area is 173 Å². The molecule has 143 valence electrons. The molecule has 0 unspecified atom stereocenters. The Balaban J connectivity index is 1.76. The Hall–Kier alpha value is -3.32. The van der Waals surface area contributed by atoms with Crippen molar-refractivity contribution in [1.82, 2.24) is 0 Å². The molecule has 0 aromatic heterocycles. The lowest BCUT2D eigenvalue weighted by molar-refractivity contribution is 0.286. The van der Waals surface area contributed by atoms with Crippen LogP contribution in [0.15, 0.2) is 115 Å². The van der Waals surface area contributed by atoms with E-state index in [-0.39, 0.29) is 5.41 Å². The highest BCUT2D eigenvalue weighted by molar-refractivity contribution is 5.50. The van der Waals surface area contributed by atoms with Crippen LogP contribution in [0.4, 0.5) is 0 Å². The second-order valence-corrected chi connectivity index (χ2v) is 7.25. The highest BCUT2D eigenvalue weighted by Gasteiger charge is 2.36. The summed E-state index contributed by atoms with van der Waals surface area (Å²) in [5, 5.41) is 0. The molecule has 0 N–H and O–H groups in total. The van der Waals surface area contributed by atoms with Crippen molar-refractivity contribution in [3.05, 3.63) is 144 Å². The van der Waals surface area contributed by atoms with Gasteiger partial charge in [0.2, 0.25) is 0 Å². The van der Waals surface area contributed by atoms with Crippen LogP contribution in [0.2, 0.25) is 0 Å². The second-order valence-electron chi connectivity index (χ2n) is 7.25. The molecular weight excluding hydrogens is 352 g/mol. The average molecular weight is 378 g/mol. The van der Waals surface area contributed by atoms with Crippen LogP contribution in [0.5, 0.6) is 5.75 Å². The van der Waals surface area contributed by atoms with Crippen LogP contribution >= 0.6 is 0 Å². The summed E-state index contributed by atoms with van der Waals surface area (Å²) in [5.41, 5.74) is 4.53. The fourth-order valence-electron chi connectivity index (χ4n) is 4.01. The Morgan fingerprint density at radius 3 is 1.38 bits per heavy atom. The fraction of sp³-hybridized carbons (Fsp3) is 0.107. The van der Waals surface area contributed by atoms with E-state index in [0.29, 0.717) is 6.61 Å². The third-order valence-corrected chi connectivity index (χ3v) is 5.47. The van der Waals surface area contributed by atoms with Crippen LogP contribution in [0.25, 0.3) is 0 Å². The van der Waals surface area contributed by atoms with Crippen molar-refractivity contribution in [2.45, 2.75) is 11.8 Å². The summed E-state index contributed by atoms with van der Waals surface area (Å²) in [4.78, 5) is 0. The monoisotopic (exact) mass is 377 g/mol. The van der Waals surface area contributed by atoms with Gasteiger partial charge in [-0.1, -0.05) is 103 Å². The maximum Gasteiger partial charge on any atom is 0.119 e. The molecular formula is C28H25O.